The van der Waals surface area contributed by atoms with Crippen LogP contribution in [0.1, 0.15) is 11.1 Å². The van der Waals surface area contributed by atoms with Gasteiger partial charge in [0.25, 0.3) is 11.1 Å². The van der Waals surface area contributed by atoms with Crippen LogP contribution in [-0.2, 0) is 4.79 Å². The molecule has 1 aliphatic heterocycles. The molecule has 0 aromatic heterocycles. The van der Waals surface area contributed by atoms with Crippen LogP contribution >= 0.6 is 34.4 Å². The van der Waals surface area contributed by atoms with E-state index in [0.29, 0.717) is 25.5 Å². The maximum Gasteiger partial charge on any atom is 0.293 e. The summed E-state index contributed by atoms with van der Waals surface area (Å²) in [7, 11) is 1.46. The van der Waals surface area contributed by atoms with E-state index in [1.165, 1.54) is 12.0 Å². The molecular formula is C20H18INO5S. The van der Waals surface area contributed by atoms with Crippen molar-refractivity contribution in [3.63, 3.8) is 0 Å². The van der Waals surface area contributed by atoms with E-state index in [1.54, 1.807) is 18.2 Å². The van der Waals surface area contributed by atoms with Gasteiger partial charge in [0.2, 0.25) is 0 Å². The molecule has 6 nitrogen and oxygen atoms in total. The number of halogens is 1. The number of imide groups is 1. The summed E-state index contributed by atoms with van der Waals surface area (Å²) < 4.78 is 11.4. The van der Waals surface area contributed by atoms with Gasteiger partial charge in [-0.15, -0.1) is 0 Å². The molecule has 0 aliphatic carbocycles. The van der Waals surface area contributed by atoms with Crippen molar-refractivity contribution in [2.75, 3.05) is 20.3 Å². The Morgan fingerprint density at radius 3 is 2.75 bits per heavy atom. The van der Waals surface area contributed by atoms with Crippen molar-refractivity contribution >= 4 is 51.6 Å². The number of nitrogens with zero attached hydrogens (tertiary/aromatic N) is 1. The second-order valence-corrected chi connectivity index (χ2v) is 8.21. The Hall–Kier alpha value is -2.20. The fourth-order valence-corrected chi connectivity index (χ4v) is 4.13. The number of aryl methyl sites for hydroxylation is 1. The van der Waals surface area contributed by atoms with Crippen molar-refractivity contribution < 1.29 is 24.2 Å². The first-order valence-electron chi connectivity index (χ1n) is 8.40. The number of methoxy groups -OCH3 is 1. The molecule has 2 aromatic carbocycles. The van der Waals surface area contributed by atoms with Gasteiger partial charge in [-0.1, -0.05) is 12.1 Å². The van der Waals surface area contributed by atoms with Gasteiger partial charge in [-0.2, -0.15) is 0 Å². The summed E-state index contributed by atoms with van der Waals surface area (Å²) in [6, 6.07) is 10.9. The average molecular weight is 511 g/mol. The maximum absolute atomic E-state index is 12.6. The van der Waals surface area contributed by atoms with Gasteiger partial charge in [0.05, 0.1) is 22.1 Å². The number of thioether (sulfide) groups is 1. The molecule has 1 heterocycles. The summed E-state index contributed by atoms with van der Waals surface area (Å²) >= 11 is 2.87. The second kappa shape index (κ2) is 8.87. The lowest BCUT2D eigenvalue weighted by molar-refractivity contribution is -0.123. The Balaban J connectivity index is 1.69. The summed E-state index contributed by atoms with van der Waals surface area (Å²) in [5.74, 6) is 0.698. The standard InChI is InChI=1S/C20H18INO5S/c1-12-4-3-5-14(8-12)27-7-6-22-19(24)17(28-20(22)25)11-13-9-15(21)18(23)16(10-13)26-2/h3-5,8-11,23H,6-7H2,1-2H3/b17-11-. The monoisotopic (exact) mass is 511 g/mol. The second-order valence-electron chi connectivity index (χ2n) is 6.05. The summed E-state index contributed by atoms with van der Waals surface area (Å²) in [5, 5.41) is 9.60. The molecule has 3 rings (SSSR count). The van der Waals surface area contributed by atoms with E-state index < -0.39 is 0 Å². The van der Waals surface area contributed by atoms with Crippen LogP contribution in [-0.4, -0.2) is 41.4 Å². The summed E-state index contributed by atoms with van der Waals surface area (Å²) in [6.45, 7) is 2.36. The number of rotatable bonds is 6. The number of hydrogen-bond acceptors (Lipinski definition) is 6. The lowest BCUT2D eigenvalue weighted by Gasteiger charge is -2.13. The van der Waals surface area contributed by atoms with Crippen molar-refractivity contribution in [1.82, 2.24) is 4.90 Å². The average Bonchev–Trinajstić information content (AvgIpc) is 2.92. The van der Waals surface area contributed by atoms with Crippen LogP contribution in [0.15, 0.2) is 41.3 Å². The van der Waals surface area contributed by atoms with Gasteiger partial charge in [0.15, 0.2) is 11.5 Å². The highest BCUT2D eigenvalue weighted by Crippen LogP contribution is 2.36. The molecule has 2 aromatic rings. The smallest absolute Gasteiger partial charge is 0.293 e. The van der Waals surface area contributed by atoms with Crippen LogP contribution in [0.5, 0.6) is 17.2 Å². The Morgan fingerprint density at radius 1 is 1.25 bits per heavy atom. The van der Waals surface area contributed by atoms with Gasteiger partial charge in [-0.3, -0.25) is 14.5 Å². The molecule has 0 atom stereocenters. The number of hydrogen-bond donors (Lipinski definition) is 1. The molecule has 0 spiro atoms. The Kier molecular flexibility index (Phi) is 6.50. The minimum atomic E-state index is -0.357. The molecule has 2 amide bonds. The fourth-order valence-electron chi connectivity index (χ4n) is 2.64. The van der Waals surface area contributed by atoms with Gasteiger partial charge in [0.1, 0.15) is 12.4 Å². The third-order valence-corrected chi connectivity index (χ3v) is 5.74. The van der Waals surface area contributed by atoms with E-state index in [-0.39, 0.29) is 30.0 Å². The van der Waals surface area contributed by atoms with Gasteiger partial charge >= 0.3 is 0 Å². The van der Waals surface area contributed by atoms with E-state index in [0.717, 1.165) is 17.3 Å². The molecule has 8 heteroatoms. The predicted molar refractivity (Wildman–Crippen MR) is 117 cm³/mol. The van der Waals surface area contributed by atoms with Gasteiger partial charge in [0, 0.05) is 0 Å². The van der Waals surface area contributed by atoms with Crippen LogP contribution in [0.2, 0.25) is 0 Å². The molecule has 146 valence electrons. The molecule has 1 fully saturated rings. The first kappa shape index (κ1) is 20.5. The minimum absolute atomic E-state index is 0.0432. The highest BCUT2D eigenvalue weighted by atomic mass is 127. The highest BCUT2D eigenvalue weighted by molar-refractivity contribution is 14.1. The number of benzene rings is 2. The molecule has 1 N–H and O–H groups in total. The van der Waals surface area contributed by atoms with Crippen molar-refractivity contribution in [2.45, 2.75) is 6.92 Å². The molecular weight excluding hydrogens is 493 g/mol. The van der Waals surface area contributed by atoms with Crippen molar-refractivity contribution in [3.8, 4) is 17.2 Å². The first-order chi connectivity index (χ1) is 13.4. The molecule has 0 radical (unpaired) electrons. The first-order valence-corrected chi connectivity index (χ1v) is 10.3. The quantitative estimate of drug-likeness (QED) is 0.457. The summed E-state index contributed by atoms with van der Waals surface area (Å²) in [5.41, 5.74) is 1.74. The summed E-state index contributed by atoms with van der Waals surface area (Å²) in [6.07, 6.45) is 1.62. The number of carbonyl (C=O) groups is 2. The van der Waals surface area contributed by atoms with E-state index in [4.69, 9.17) is 9.47 Å². The third kappa shape index (κ3) is 4.61. The van der Waals surface area contributed by atoms with Crippen molar-refractivity contribution in [1.29, 1.82) is 0 Å². The van der Waals surface area contributed by atoms with Crippen LogP contribution in [0.25, 0.3) is 6.08 Å². The number of carbonyl (C=O) groups excluding carboxylic acids is 2. The lowest BCUT2D eigenvalue weighted by atomic mass is 10.2. The number of aromatic hydroxyl groups is 1. The van der Waals surface area contributed by atoms with E-state index in [1.807, 2.05) is 53.8 Å². The number of phenolic OH excluding ortho intramolecular Hbond substituents is 1. The topological polar surface area (TPSA) is 76.1 Å². The highest BCUT2D eigenvalue weighted by Gasteiger charge is 2.34. The zero-order valence-electron chi connectivity index (χ0n) is 15.3. The van der Waals surface area contributed by atoms with Crippen molar-refractivity contribution in [3.05, 3.63) is 56.0 Å². The predicted octanol–water partition coefficient (Wildman–Crippen LogP) is 4.43. The Bertz CT molecular complexity index is 960. The Morgan fingerprint density at radius 2 is 2.04 bits per heavy atom. The SMILES string of the molecule is COc1cc(/C=C2\SC(=O)N(CCOc3cccc(C)c3)C2=O)cc(I)c1O. The van der Waals surface area contributed by atoms with E-state index in [9.17, 15) is 14.7 Å². The third-order valence-electron chi connectivity index (χ3n) is 4.02. The minimum Gasteiger partial charge on any atom is -0.504 e. The largest absolute Gasteiger partial charge is 0.504 e. The van der Waals surface area contributed by atoms with Crippen LogP contribution < -0.4 is 9.47 Å². The lowest BCUT2D eigenvalue weighted by Crippen LogP contribution is -2.32. The number of amides is 2. The van der Waals surface area contributed by atoms with E-state index >= 15 is 0 Å². The number of phenols is 1. The zero-order chi connectivity index (χ0) is 20.3. The molecule has 1 aliphatic rings. The van der Waals surface area contributed by atoms with E-state index in [2.05, 4.69) is 0 Å². The van der Waals surface area contributed by atoms with Crippen LogP contribution in [0, 0.1) is 10.5 Å². The normalized spacial score (nSPS) is 15.4. The van der Waals surface area contributed by atoms with Gasteiger partial charge in [-0.25, -0.2) is 0 Å². The molecule has 28 heavy (non-hydrogen) atoms. The molecule has 0 bridgehead atoms. The molecule has 0 unspecified atom stereocenters. The summed E-state index contributed by atoms with van der Waals surface area (Å²) in [4.78, 5) is 26.3. The van der Waals surface area contributed by atoms with Crippen molar-refractivity contribution in [2.24, 2.45) is 0 Å². The Labute approximate surface area is 180 Å². The number of ether oxygens (including phenoxy) is 2. The van der Waals surface area contributed by atoms with Gasteiger partial charge in [-0.05, 0) is 82.7 Å². The molecule has 0 saturated carbocycles. The molecule has 1 saturated heterocycles. The van der Waals surface area contributed by atoms with Gasteiger partial charge < -0.3 is 14.6 Å². The van der Waals surface area contributed by atoms with Crippen LogP contribution in [0.3, 0.4) is 0 Å². The zero-order valence-corrected chi connectivity index (χ0v) is 18.2. The maximum atomic E-state index is 12.6. The van der Waals surface area contributed by atoms with Crippen LogP contribution in [0.4, 0.5) is 4.79 Å². The fraction of sp³-hybridized carbons (Fsp3) is 0.200.